The van der Waals surface area contributed by atoms with Crippen LogP contribution in [0, 0.1) is 11.3 Å². The third-order valence-electron chi connectivity index (χ3n) is 6.26. The molecule has 2 aromatic heterocycles. The molecule has 3 N–H and O–H groups in total. The number of rotatable bonds is 6. The van der Waals surface area contributed by atoms with E-state index < -0.39 is 11.5 Å². The summed E-state index contributed by atoms with van der Waals surface area (Å²) >= 11 is 0. The number of primary amides is 1. The second-order valence-corrected chi connectivity index (χ2v) is 8.44. The van der Waals surface area contributed by atoms with Crippen LogP contribution in [0.5, 0.6) is 5.75 Å². The molecule has 0 saturated carbocycles. The van der Waals surface area contributed by atoms with Crippen molar-refractivity contribution in [3.05, 3.63) is 107 Å². The molecule has 0 aliphatic heterocycles. The van der Waals surface area contributed by atoms with Crippen molar-refractivity contribution in [1.29, 1.82) is 5.26 Å². The highest BCUT2D eigenvalue weighted by atomic mass is 16.5. The topological polar surface area (TPSA) is 127 Å². The molecular formula is C28H22N4O4. The van der Waals surface area contributed by atoms with Gasteiger partial charge in [-0.05, 0) is 53.6 Å². The monoisotopic (exact) mass is 478 g/mol. The van der Waals surface area contributed by atoms with Crippen LogP contribution in [0.2, 0.25) is 0 Å². The predicted octanol–water partition coefficient (Wildman–Crippen LogP) is 4.10. The van der Waals surface area contributed by atoms with E-state index in [0.717, 1.165) is 5.56 Å². The largest absolute Gasteiger partial charge is 0.497 e. The van der Waals surface area contributed by atoms with Gasteiger partial charge in [0, 0.05) is 23.6 Å². The van der Waals surface area contributed by atoms with E-state index in [4.69, 9.17) is 14.9 Å². The lowest BCUT2D eigenvalue weighted by molar-refractivity contribution is 0.0934. The minimum Gasteiger partial charge on any atom is -0.497 e. The average molecular weight is 479 g/mol. The first kappa shape index (κ1) is 22.9. The van der Waals surface area contributed by atoms with E-state index in [1.54, 1.807) is 73.7 Å². The van der Waals surface area contributed by atoms with Gasteiger partial charge in [-0.25, -0.2) is 4.98 Å². The van der Waals surface area contributed by atoms with Gasteiger partial charge in [-0.3, -0.25) is 4.79 Å². The maximum atomic E-state index is 12.2. The number of benzene rings is 3. The van der Waals surface area contributed by atoms with Crippen molar-refractivity contribution < 1.29 is 19.1 Å². The molecule has 0 bridgehead atoms. The molecule has 0 fully saturated rings. The van der Waals surface area contributed by atoms with Gasteiger partial charge in [0.1, 0.15) is 17.1 Å². The molecule has 0 radical (unpaired) electrons. The molecule has 0 saturated heterocycles. The molecule has 0 aliphatic rings. The summed E-state index contributed by atoms with van der Waals surface area (Å²) in [7, 11) is 3.34. The Morgan fingerprint density at radius 1 is 1.17 bits per heavy atom. The number of nitrogens with zero attached hydrogens (tertiary/aromatic N) is 3. The number of fused-ring (bicyclic) bond motifs is 1. The molecule has 5 rings (SSSR count). The van der Waals surface area contributed by atoms with Crippen molar-refractivity contribution in [3.8, 4) is 22.9 Å². The number of furan rings is 1. The van der Waals surface area contributed by atoms with Gasteiger partial charge in [0.15, 0.2) is 5.60 Å². The predicted molar refractivity (Wildman–Crippen MR) is 133 cm³/mol. The van der Waals surface area contributed by atoms with Crippen molar-refractivity contribution in [2.75, 3.05) is 7.11 Å². The Bertz CT molecular complexity index is 1640. The smallest absolute Gasteiger partial charge is 0.248 e. The third kappa shape index (κ3) is 3.68. The van der Waals surface area contributed by atoms with Crippen LogP contribution in [-0.4, -0.2) is 27.7 Å². The van der Waals surface area contributed by atoms with Gasteiger partial charge in [-0.1, -0.05) is 24.3 Å². The number of ether oxygens (including phenoxy) is 1. The van der Waals surface area contributed by atoms with Gasteiger partial charge in [-0.15, -0.1) is 0 Å². The summed E-state index contributed by atoms with van der Waals surface area (Å²) in [5.74, 6) is 0.273. The molecule has 5 aromatic rings. The number of aliphatic hydroxyl groups is 1. The molecule has 8 nitrogen and oxygen atoms in total. The van der Waals surface area contributed by atoms with Crippen LogP contribution >= 0.6 is 0 Å². The number of methoxy groups -OCH3 is 1. The highest BCUT2D eigenvalue weighted by molar-refractivity contribution is 6.02. The van der Waals surface area contributed by atoms with E-state index >= 15 is 0 Å². The Hall–Kier alpha value is -4.87. The Kier molecular flexibility index (Phi) is 5.55. The zero-order valence-electron chi connectivity index (χ0n) is 19.6. The average Bonchev–Trinajstić information content (AvgIpc) is 3.54. The van der Waals surface area contributed by atoms with Crippen LogP contribution in [0.1, 0.15) is 32.9 Å². The van der Waals surface area contributed by atoms with Crippen molar-refractivity contribution >= 4 is 16.9 Å². The van der Waals surface area contributed by atoms with Gasteiger partial charge in [0.2, 0.25) is 5.91 Å². The number of carbonyl (C=O) groups excluding carboxylic acids is 1. The lowest BCUT2D eigenvalue weighted by atomic mass is 9.87. The molecule has 1 atom stereocenters. The zero-order valence-corrected chi connectivity index (χ0v) is 19.6. The number of aryl methyl sites for hydroxylation is 1. The number of hydrogen-bond acceptors (Lipinski definition) is 6. The molecule has 0 aliphatic carbocycles. The van der Waals surface area contributed by atoms with Crippen molar-refractivity contribution in [1.82, 2.24) is 9.55 Å². The summed E-state index contributed by atoms with van der Waals surface area (Å²) < 4.78 is 13.4. The second-order valence-electron chi connectivity index (χ2n) is 8.44. The highest BCUT2D eigenvalue weighted by Crippen LogP contribution is 2.42. The van der Waals surface area contributed by atoms with Gasteiger partial charge in [-0.2, -0.15) is 5.26 Å². The third-order valence-corrected chi connectivity index (χ3v) is 6.26. The number of aromatic nitrogens is 2. The number of carbonyl (C=O) groups is 1. The fraction of sp³-hybridized carbons (Fsp3) is 0.107. The summed E-state index contributed by atoms with van der Waals surface area (Å²) in [4.78, 5) is 16.3. The number of imidazole rings is 1. The van der Waals surface area contributed by atoms with Gasteiger partial charge >= 0.3 is 0 Å². The summed E-state index contributed by atoms with van der Waals surface area (Å²) in [5.41, 5.74) is 7.46. The van der Waals surface area contributed by atoms with E-state index in [9.17, 15) is 15.2 Å². The molecule has 0 spiro atoms. The van der Waals surface area contributed by atoms with E-state index in [1.165, 1.54) is 0 Å². The molecular weight excluding hydrogens is 456 g/mol. The zero-order chi connectivity index (χ0) is 25.4. The van der Waals surface area contributed by atoms with E-state index in [1.807, 2.05) is 24.3 Å². The molecule has 1 unspecified atom stereocenters. The van der Waals surface area contributed by atoms with Crippen molar-refractivity contribution in [3.63, 3.8) is 0 Å². The molecule has 1 amide bonds. The lowest BCUT2D eigenvalue weighted by Gasteiger charge is -2.27. The van der Waals surface area contributed by atoms with Gasteiger partial charge < -0.3 is 24.6 Å². The number of nitriles is 1. The van der Waals surface area contributed by atoms with Crippen LogP contribution in [0.25, 0.3) is 22.1 Å². The number of hydrogen-bond donors (Lipinski definition) is 2. The molecule has 2 heterocycles. The van der Waals surface area contributed by atoms with Crippen LogP contribution in [-0.2, 0) is 12.6 Å². The minimum atomic E-state index is -1.74. The first-order valence-corrected chi connectivity index (χ1v) is 11.1. The molecule has 178 valence electrons. The van der Waals surface area contributed by atoms with Crippen LogP contribution in [0.4, 0.5) is 0 Å². The fourth-order valence-corrected chi connectivity index (χ4v) is 4.39. The van der Waals surface area contributed by atoms with E-state index in [0.29, 0.717) is 44.7 Å². The Morgan fingerprint density at radius 3 is 2.58 bits per heavy atom. The number of amides is 1. The summed E-state index contributed by atoms with van der Waals surface area (Å²) in [6, 6.07) is 21.1. The van der Waals surface area contributed by atoms with E-state index in [-0.39, 0.29) is 5.76 Å². The standard InChI is InChI=1S/C28H22N4O4/c1-32-16-31-15-24(32)28(34,21-8-6-17(14-29)7-9-21)25-13-19-10-20(27(30)33)12-23(26(19)36-25)18-4-3-5-22(11-18)35-2/h3-13,15-16,34H,1-2H3,(H2,30,33). The minimum absolute atomic E-state index is 0.219. The fourth-order valence-electron chi connectivity index (χ4n) is 4.39. The normalized spacial score (nSPS) is 12.7. The maximum Gasteiger partial charge on any atom is 0.248 e. The second kappa shape index (κ2) is 8.73. The van der Waals surface area contributed by atoms with Gasteiger partial charge in [0.25, 0.3) is 0 Å². The molecule has 8 heteroatoms. The highest BCUT2D eigenvalue weighted by Gasteiger charge is 2.40. The number of nitrogens with two attached hydrogens (primary N) is 1. The van der Waals surface area contributed by atoms with Crippen LogP contribution in [0.3, 0.4) is 0 Å². The summed E-state index contributed by atoms with van der Waals surface area (Å²) in [5, 5.41) is 22.1. The van der Waals surface area contributed by atoms with Crippen molar-refractivity contribution in [2.24, 2.45) is 12.8 Å². The SMILES string of the molecule is COc1cccc(-c2cc(C(N)=O)cc3cc(C(O)(c4ccc(C#N)cc4)c4cncn4C)oc23)c1. The first-order valence-electron chi connectivity index (χ1n) is 11.1. The van der Waals surface area contributed by atoms with Crippen molar-refractivity contribution in [2.45, 2.75) is 5.60 Å². The van der Waals surface area contributed by atoms with Crippen LogP contribution in [0.15, 0.2) is 83.7 Å². The quantitative estimate of drug-likeness (QED) is 0.378. The lowest BCUT2D eigenvalue weighted by Crippen LogP contribution is -2.30. The van der Waals surface area contributed by atoms with Gasteiger partial charge in [0.05, 0.1) is 37.0 Å². The Morgan fingerprint density at radius 2 is 1.94 bits per heavy atom. The Balaban J connectivity index is 1.80. The Labute approximate surface area is 206 Å². The maximum absolute atomic E-state index is 12.2. The van der Waals surface area contributed by atoms with E-state index in [2.05, 4.69) is 11.1 Å². The first-order chi connectivity index (χ1) is 17.3. The summed E-state index contributed by atoms with van der Waals surface area (Å²) in [6.45, 7) is 0. The molecule has 3 aromatic carbocycles. The molecule has 36 heavy (non-hydrogen) atoms. The van der Waals surface area contributed by atoms with Crippen LogP contribution < -0.4 is 10.5 Å². The summed E-state index contributed by atoms with van der Waals surface area (Å²) in [6.07, 6.45) is 3.14.